The van der Waals surface area contributed by atoms with E-state index in [1.165, 1.54) is 0 Å². The summed E-state index contributed by atoms with van der Waals surface area (Å²) in [7, 11) is 0. The van der Waals surface area contributed by atoms with Gasteiger partial charge in [-0.2, -0.15) is 5.10 Å². The Morgan fingerprint density at radius 2 is 2.06 bits per heavy atom. The molecule has 0 unspecified atom stereocenters. The molecule has 86 valence electrons. The molecule has 1 saturated carbocycles. The van der Waals surface area contributed by atoms with Gasteiger partial charge in [0.25, 0.3) is 0 Å². The maximum Gasteiger partial charge on any atom is 0.249 e. The predicted octanol–water partition coefficient (Wildman–Crippen LogP) is 0.179. The molecule has 0 bridgehead atoms. The van der Waals surface area contributed by atoms with Gasteiger partial charge in [-0.1, -0.05) is 0 Å². The number of hydrogen-bond acceptors (Lipinski definition) is 5. The third-order valence-corrected chi connectivity index (χ3v) is 2.47. The van der Waals surface area contributed by atoms with E-state index in [0.717, 1.165) is 24.2 Å². The van der Waals surface area contributed by atoms with Crippen molar-refractivity contribution in [2.24, 2.45) is 0 Å². The van der Waals surface area contributed by atoms with Crippen molar-refractivity contribution >= 4 is 11.9 Å². The molecule has 0 aliphatic heterocycles. The van der Waals surface area contributed by atoms with Gasteiger partial charge in [-0.05, 0) is 26.7 Å². The van der Waals surface area contributed by atoms with Crippen molar-refractivity contribution in [1.29, 1.82) is 0 Å². The van der Waals surface area contributed by atoms with Crippen LogP contribution in [0.2, 0.25) is 0 Å². The van der Waals surface area contributed by atoms with Crippen molar-refractivity contribution in [2.45, 2.75) is 32.7 Å². The third-order valence-electron chi connectivity index (χ3n) is 2.47. The Hall–Kier alpha value is -1.56. The van der Waals surface area contributed by atoms with Crippen LogP contribution in [0.3, 0.4) is 0 Å². The average Bonchev–Trinajstić information content (AvgIpc) is 3.04. The van der Waals surface area contributed by atoms with Gasteiger partial charge in [0.2, 0.25) is 11.9 Å². The van der Waals surface area contributed by atoms with E-state index in [-0.39, 0.29) is 11.9 Å². The van der Waals surface area contributed by atoms with Gasteiger partial charge in [0.15, 0.2) is 0 Å². The van der Waals surface area contributed by atoms with Gasteiger partial charge in [0.05, 0.1) is 17.9 Å². The zero-order valence-electron chi connectivity index (χ0n) is 9.45. The van der Waals surface area contributed by atoms with E-state index in [1.54, 1.807) is 0 Å². The lowest BCUT2D eigenvalue weighted by atomic mass is 10.4. The van der Waals surface area contributed by atoms with Gasteiger partial charge in [-0.15, -0.1) is 5.10 Å². The molecule has 0 aromatic carbocycles. The van der Waals surface area contributed by atoms with Crippen LogP contribution in [0, 0.1) is 13.8 Å². The molecule has 1 aromatic rings. The second-order valence-corrected chi connectivity index (χ2v) is 4.01. The van der Waals surface area contributed by atoms with Crippen LogP contribution in [-0.4, -0.2) is 33.7 Å². The summed E-state index contributed by atoms with van der Waals surface area (Å²) >= 11 is 0. The molecular formula is C10H15N5O. The standard InChI is InChI=1S/C10H15N5O/c1-6-7(2)14-15-10(12-6)13-9(16)5-11-8-3-4-8/h8,11H,3-5H2,1-2H3,(H,12,13,15,16). The fraction of sp³-hybridized carbons (Fsp3) is 0.600. The second-order valence-electron chi connectivity index (χ2n) is 4.01. The van der Waals surface area contributed by atoms with Crippen molar-refractivity contribution < 1.29 is 4.79 Å². The van der Waals surface area contributed by atoms with Crippen molar-refractivity contribution in [3.05, 3.63) is 11.4 Å². The molecule has 6 heteroatoms. The first-order valence-corrected chi connectivity index (χ1v) is 5.36. The number of aryl methyl sites for hydroxylation is 2. The van der Waals surface area contributed by atoms with Gasteiger partial charge < -0.3 is 5.32 Å². The van der Waals surface area contributed by atoms with Crippen LogP contribution < -0.4 is 10.6 Å². The fourth-order valence-corrected chi connectivity index (χ4v) is 1.20. The lowest BCUT2D eigenvalue weighted by Crippen LogP contribution is -2.30. The predicted molar refractivity (Wildman–Crippen MR) is 59.0 cm³/mol. The Labute approximate surface area is 93.9 Å². The molecular weight excluding hydrogens is 206 g/mol. The minimum atomic E-state index is -0.128. The van der Waals surface area contributed by atoms with Gasteiger partial charge in [-0.25, -0.2) is 4.98 Å². The molecule has 1 heterocycles. The summed E-state index contributed by atoms with van der Waals surface area (Å²) < 4.78 is 0. The average molecular weight is 221 g/mol. The van der Waals surface area contributed by atoms with Crippen LogP contribution in [-0.2, 0) is 4.79 Å². The SMILES string of the molecule is Cc1nnc(NC(=O)CNC2CC2)nc1C. The highest BCUT2D eigenvalue weighted by molar-refractivity contribution is 5.90. The second kappa shape index (κ2) is 4.52. The first-order chi connectivity index (χ1) is 7.65. The number of anilines is 1. The highest BCUT2D eigenvalue weighted by Crippen LogP contribution is 2.17. The van der Waals surface area contributed by atoms with Crippen molar-refractivity contribution in [3.63, 3.8) is 0 Å². The maximum atomic E-state index is 11.5. The van der Waals surface area contributed by atoms with Crippen LogP contribution in [0.15, 0.2) is 0 Å². The van der Waals surface area contributed by atoms with E-state index in [1.807, 2.05) is 13.8 Å². The number of rotatable bonds is 4. The molecule has 1 amide bonds. The number of aromatic nitrogens is 3. The van der Waals surface area contributed by atoms with Crippen LogP contribution >= 0.6 is 0 Å². The molecule has 1 aromatic heterocycles. The van der Waals surface area contributed by atoms with E-state index >= 15 is 0 Å². The number of carbonyl (C=O) groups is 1. The Morgan fingerprint density at radius 1 is 1.31 bits per heavy atom. The Kier molecular flexibility index (Phi) is 3.09. The molecule has 1 fully saturated rings. The summed E-state index contributed by atoms with van der Waals surface area (Å²) in [6.45, 7) is 3.97. The summed E-state index contributed by atoms with van der Waals surface area (Å²) in [6.07, 6.45) is 2.32. The first kappa shape index (κ1) is 10.9. The Bertz CT molecular complexity index is 402. The molecule has 0 atom stereocenters. The minimum absolute atomic E-state index is 0.128. The lowest BCUT2D eigenvalue weighted by molar-refractivity contribution is -0.115. The van der Waals surface area contributed by atoms with E-state index in [2.05, 4.69) is 25.8 Å². The molecule has 0 saturated heterocycles. The van der Waals surface area contributed by atoms with Crippen molar-refractivity contribution in [2.75, 3.05) is 11.9 Å². The topological polar surface area (TPSA) is 79.8 Å². The number of amides is 1. The zero-order valence-corrected chi connectivity index (χ0v) is 9.45. The molecule has 16 heavy (non-hydrogen) atoms. The first-order valence-electron chi connectivity index (χ1n) is 5.36. The van der Waals surface area contributed by atoms with Crippen molar-refractivity contribution in [3.8, 4) is 0 Å². The minimum Gasteiger partial charge on any atom is -0.306 e. The molecule has 0 spiro atoms. The van der Waals surface area contributed by atoms with E-state index in [4.69, 9.17) is 0 Å². The largest absolute Gasteiger partial charge is 0.306 e. The van der Waals surface area contributed by atoms with Crippen molar-refractivity contribution in [1.82, 2.24) is 20.5 Å². The van der Waals surface area contributed by atoms with Crippen LogP contribution in [0.4, 0.5) is 5.95 Å². The van der Waals surface area contributed by atoms with E-state index in [0.29, 0.717) is 12.6 Å². The smallest absolute Gasteiger partial charge is 0.249 e. The van der Waals surface area contributed by atoms with Crippen LogP contribution in [0.1, 0.15) is 24.2 Å². The maximum absolute atomic E-state index is 11.5. The van der Waals surface area contributed by atoms with Gasteiger partial charge in [0, 0.05) is 6.04 Å². The number of nitrogens with zero attached hydrogens (tertiary/aromatic N) is 3. The summed E-state index contributed by atoms with van der Waals surface area (Å²) in [4.78, 5) is 15.6. The molecule has 1 aliphatic rings. The summed E-state index contributed by atoms with van der Waals surface area (Å²) in [5.74, 6) is 0.141. The summed E-state index contributed by atoms with van der Waals surface area (Å²) in [6, 6.07) is 0.518. The summed E-state index contributed by atoms with van der Waals surface area (Å²) in [5.41, 5.74) is 1.55. The van der Waals surface area contributed by atoms with Gasteiger partial charge >= 0.3 is 0 Å². The fourth-order valence-electron chi connectivity index (χ4n) is 1.20. The quantitative estimate of drug-likeness (QED) is 0.758. The van der Waals surface area contributed by atoms with Crippen LogP contribution in [0.25, 0.3) is 0 Å². The molecule has 1 aliphatic carbocycles. The van der Waals surface area contributed by atoms with Gasteiger partial charge in [-0.3, -0.25) is 10.1 Å². The molecule has 6 nitrogen and oxygen atoms in total. The summed E-state index contributed by atoms with van der Waals surface area (Å²) in [5, 5.41) is 13.4. The van der Waals surface area contributed by atoms with Crippen LogP contribution in [0.5, 0.6) is 0 Å². The molecule has 2 N–H and O–H groups in total. The lowest BCUT2D eigenvalue weighted by Gasteiger charge is -2.05. The highest BCUT2D eigenvalue weighted by Gasteiger charge is 2.21. The van der Waals surface area contributed by atoms with Gasteiger partial charge in [0.1, 0.15) is 0 Å². The third kappa shape index (κ3) is 2.96. The Balaban J connectivity index is 1.86. The van der Waals surface area contributed by atoms with E-state index in [9.17, 15) is 4.79 Å². The Morgan fingerprint density at radius 3 is 2.69 bits per heavy atom. The number of hydrogen-bond donors (Lipinski definition) is 2. The van der Waals surface area contributed by atoms with E-state index < -0.39 is 0 Å². The molecule has 2 rings (SSSR count). The monoisotopic (exact) mass is 221 g/mol. The normalized spacial score (nSPS) is 14.9. The number of nitrogens with one attached hydrogen (secondary N) is 2. The highest BCUT2D eigenvalue weighted by atomic mass is 16.2. The number of carbonyl (C=O) groups excluding carboxylic acids is 1. The zero-order chi connectivity index (χ0) is 11.5. The molecule has 0 radical (unpaired) electrons.